The minimum atomic E-state index is 0.349. The SMILES string of the molecule is CN=C(NCc1cccc(-c2ncn[nH]2)c1)NCC(c1ccccc1)N1CCCC1. The predicted octanol–water partition coefficient (Wildman–Crippen LogP) is 2.97. The molecule has 1 unspecified atom stereocenters. The quantitative estimate of drug-likeness (QED) is 0.417. The molecule has 0 radical (unpaired) electrons. The number of guanidine groups is 1. The second-order valence-corrected chi connectivity index (χ2v) is 7.51. The van der Waals surface area contributed by atoms with E-state index in [-0.39, 0.29) is 0 Å². The fourth-order valence-corrected chi connectivity index (χ4v) is 3.96. The molecule has 0 saturated carbocycles. The Balaban J connectivity index is 1.37. The van der Waals surface area contributed by atoms with E-state index < -0.39 is 0 Å². The molecule has 3 aromatic rings. The van der Waals surface area contributed by atoms with Crippen LogP contribution in [0.25, 0.3) is 11.4 Å². The number of hydrogen-bond acceptors (Lipinski definition) is 4. The number of H-pyrrole nitrogens is 1. The Bertz CT molecular complexity index is 931. The predicted molar refractivity (Wildman–Crippen MR) is 120 cm³/mol. The van der Waals surface area contributed by atoms with Gasteiger partial charge in [-0.25, -0.2) is 4.98 Å². The Hall–Kier alpha value is -3.19. The normalized spacial score (nSPS) is 15.8. The second-order valence-electron chi connectivity index (χ2n) is 7.51. The average molecular weight is 404 g/mol. The van der Waals surface area contributed by atoms with Crippen LogP contribution in [0.1, 0.15) is 30.0 Å². The first-order valence-electron chi connectivity index (χ1n) is 10.5. The van der Waals surface area contributed by atoms with Crippen LogP contribution in [0.5, 0.6) is 0 Å². The molecule has 7 nitrogen and oxygen atoms in total. The first-order valence-corrected chi connectivity index (χ1v) is 10.5. The van der Waals surface area contributed by atoms with Gasteiger partial charge in [0.25, 0.3) is 0 Å². The molecular formula is C23H29N7. The number of nitrogens with zero attached hydrogens (tertiary/aromatic N) is 4. The van der Waals surface area contributed by atoms with Crippen molar-refractivity contribution in [3.05, 3.63) is 72.1 Å². The highest BCUT2D eigenvalue weighted by molar-refractivity contribution is 5.79. The van der Waals surface area contributed by atoms with Gasteiger partial charge in [0, 0.05) is 25.7 Å². The van der Waals surface area contributed by atoms with Crippen LogP contribution in [0, 0.1) is 0 Å². The van der Waals surface area contributed by atoms with Crippen LogP contribution in [0.4, 0.5) is 0 Å². The van der Waals surface area contributed by atoms with Gasteiger partial charge >= 0.3 is 0 Å². The molecule has 2 aromatic carbocycles. The van der Waals surface area contributed by atoms with E-state index >= 15 is 0 Å². The van der Waals surface area contributed by atoms with Crippen LogP contribution >= 0.6 is 0 Å². The van der Waals surface area contributed by atoms with Crippen molar-refractivity contribution in [1.82, 2.24) is 30.7 Å². The molecule has 1 fully saturated rings. The van der Waals surface area contributed by atoms with Crippen LogP contribution in [0.15, 0.2) is 65.9 Å². The van der Waals surface area contributed by atoms with Gasteiger partial charge in [0.2, 0.25) is 0 Å². The van der Waals surface area contributed by atoms with Gasteiger partial charge in [0.05, 0.1) is 6.04 Å². The number of rotatable bonds is 7. The topological polar surface area (TPSA) is 81.2 Å². The van der Waals surface area contributed by atoms with E-state index in [0.29, 0.717) is 12.6 Å². The van der Waals surface area contributed by atoms with Gasteiger partial charge in [-0.2, -0.15) is 5.10 Å². The van der Waals surface area contributed by atoms with Gasteiger partial charge in [-0.05, 0) is 43.1 Å². The molecular weight excluding hydrogens is 374 g/mol. The van der Waals surface area contributed by atoms with E-state index in [4.69, 9.17) is 0 Å². The van der Waals surface area contributed by atoms with Crippen molar-refractivity contribution in [3.63, 3.8) is 0 Å². The Labute approximate surface area is 177 Å². The zero-order chi connectivity index (χ0) is 20.6. The number of aromatic amines is 1. The van der Waals surface area contributed by atoms with Gasteiger partial charge in [-0.3, -0.25) is 15.0 Å². The highest BCUT2D eigenvalue weighted by Gasteiger charge is 2.23. The second kappa shape index (κ2) is 10.0. The van der Waals surface area contributed by atoms with E-state index in [1.54, 1.807) is 0 Å². The molecule has 1 aliphatic rings. The highest BCUT2D eigenvalue weighted by Crippen LogP contribution is 2.24. The summed E-state index contributed by atoms with van der Waals surface area (Å²) >= 11 is 0. The van der Waals surface area contributed by atoms with E-state index in [1.165, 1.54) is 24.7 Å². The fraction of sp³-hybridized carbons (Fsp3) is 0.348. The highest BCUT2D eigenvalue weighted by atomic mass is 15.2. The third-order valence-corrected chi connectivity index (χ3v) is 5.53. The molecule has 1 aromatic heterocycles. The summed E-state index contributed by atoms with van der Waals surface area (Å²) in [5.74, 6) is 1.58. The Kier molecular flexibility index (Phi) is 6.72. The standard InChI is InChI=1S/C23H29N7/c1-24-23(25-15-18-8-7-11-20(14-18)22-27-17-28-29-22)26-16-21(30-12-5-6-13-30)19-9-3-2-4-10-19/h2-4,7-11,14,17,21H,5-6,12-13,15-16H2,1H3,(H2,24,25,26)(H,27,28,29). The summed E-state index contributed by atoms with van der Waals surface area (Å²) in [7, 11) is 1.81. The number of likely N-dealkylation sites (tertiary alicyclic amines) is 1. The van der Waals surface area contributed by atoms with Gasteiger partial charge < -0.3 is 10.6 Å². The van der Waals surface area contributed by atoms with Crippen molar-refractivity contribution >= 4 is 5.96 Å². The van der Waals surface area contributed by atoms with Gasteiger partial charge in [0.1, 0.15) is 6.33 Å². The van der Waals surface area contributed by atoms with E-state index in [9.17, 15) is 0 Å². The summed E-state index contributed by atoms with van der Waals surface area (Å²) in [6.07, 6.45) is 4.07. The summed E-state index contributed by atoms with van der Waals surface area (Å²) in [6.45, 7) is 3.81. The largest absolute Gasteiger partial charge is 0.354 e. The molecule has 1 saturated heterocycles. The lowest BCUT2D eigenvalue weighted by atomic mass is 10.1. The molecule has 30 heavy (non-hydrogen) atoms. The molecule has 4 rings (SSSR count). The van der Waals surface area contributed by atoms with Crippen molar-refractivity contribution in [1.29, 1.82) is 0 Å². The summed E-state index contributed by atoms with van der Waals surface area (Å²) in [6, 6.07) is 19.4. The average Bonchev–Trinajstić information content (AvgIpc) is 3.52. The smallest absolute Gasteiger partial charge is 0.191 e. The molecule has 0 bridgehead atoms. The van der Waals surface area contributed by atoms with E-state index in [0.717, 1.165) is 42.5 Å². The maximum Gasteiger partial charge on any atom is 0.191 e. The lowest BCUT2D eigenvalue weighted by molar-refractivity contribution is 0.245. The molecule has 3 N–H and O–H groups in total. The Morgan fingerprint density at radius 3 is 2.67 bits per heavy atom. The number of nitrogens with one attached hydrogen (secondary N) is 3. The zero-order valence-electron chi connectivity index (χ0n) is 17.4. The Morgan fingerprint density at radius 2 is 1.93 bits per heavy atom. The summed E-state index contributed by atoms with van der Waals surface area (Å²) < 4.78 is 0. The van der Waals surface area contributed by atoms with Crippen molar-refractivity contribution in [2.45, 2.75) is 25.4 Å². The third kappa shape index (κ3) is 5.04. The van der Waals surface area contributed by atoms with Crippen molar-refractivity contribution in [2.24, 2.45) is 4.99 Å². The molecule has 0 spiro atoms. The molecule has 7 heteroatoms. The third-order valence-electron chi connectivity index (χ3n) is 5.53. The molecule has 2 heterocycles. The summed E-state index contributed by atoms with van der Waals surface area (Å²) in [5.41, 5.74) is 3.53. The van der Waals surface area contributed by atoms with Crippen molar-refractivity contribution < 1.29 is 0 Å². The number of aliphatic imine (C=N–C) groups is 1. The van der Waals surface area contributed by atoms with Crippen molar-refractivity contribution in [2.75, 3.05) is 26.7 Å². The maximum absolute atomic E-state index is 4.42. The van der Waals surface area contributed by atoms with Gasteiger partial charge in [0.15, 0.2) is 11.8 Å². The number of benzene rings is 2. The summed E-state index contributed by atoms with van der Waals surface area (Å²) in [5, 5.41) is 13.8. The zero-order valence-corrected chi connectivity index (χ0v) is 17.4. The van der Waals surface area contributed by atoms with Crippen LogP contribution in [0.2, 0.25) is 0 Å². The molecule has 0 amide bonds. The van der Waals surface area contributed by atoms with Gasteiger partial charge in [-0.1, -0.05) is 48.5 Å². The van der Waals surface area contributed by atoms with E-state index in [1.807, 2.05) is 19.2 Å². The van der Waals surface area contributed by atoms with Crippen LogP contribution in [0.3, 0.4) is 0 Å². The lowest BCUT2D eigenvalue weighted by Crippen LogP contribution is -2.42. The molecule has 1 atom stereocenters. The van der Waals surface area contributed by atoms with E-state index in [2.05, 4.69) is 78.2 Å². The van der Waals surface area contributed by atoms with Crippen molar-refractivity contribution in [3.8, 4) is 11.4 Å². The van der Waals surface area contributed by atoms with Crippen LogP contribution < -0.4 is 10.6 Å². The van der Waals surface area contributed by atoms with Crippen LogP contribution in [-0.4, -0.2) is 52.7 Å². The first kappa shape index (κ1) is 20.1. The molecule has 0 aliphatic carbocycles. The monoisotopic (exact) mass is 403 g/mol. The number of aromatic nitrogens is 3. The minimum absolute atomic E-state index is 0.349. The number of hydrogen-bond donors (Lipinski definition) is 3. The van der Waals surface area contributed by atoms with Gasteiger partial charge in [-0.15, -0.1) is 0 Å². The first-order chi connectivity index (χ1) is 14.8. The molecule has 1 aliphatic heterocycles. The Morgan fingerprint density at radius 1 is 1.10 bits per heavy atom. The summed E-state index contributed by atoms with van der Waals surface area (Å²) in [4.78, 5) is 11.2. The molecule has 156 valence electrons. The lowest BCUT2D eigenvalue weighted by Gasteiger charge is -2.29. The maximum atomic E-state index is 4.42. The van der Waals surface area contributed by atoms with Crippen LogP contribution in [-0.2, 0) is 6.54 Å². The minimum Gasteiger partial charge on any atom is -0.354 e. The fourth-order valence-electron chi connectivity index (χ4n) is 3.96.